The normalized spacial score (nSPS) is 13.9. The number of nitrogens with zero attached hydrogens (tertiary/aromatic N) is 2. The molecule has 1 aliphatic rings. The molecule has 1 N–H and O–H groups in total. The second-order valence-electron chi connectivity index (χ2n) is 3.60. The van der Waals surface area contributed by atoms with Crippen LogP contribution >= 0.6 is 0 Å². The summed E-state index contributed by atoms with van der Waals surface area (Å²) in [6.07, 6.45) is 0. The zero-order chi connectivity index (χ0) is 10.3. The fourth-order valence-electron chi connectivity index (χ4n) is 2.00. The van der Waals surface area contributed by atoms with Gasteiger partial charge in [-0.2, -0.15) is 0 Å². The fourth-order valence-corrected chi connectivity index (χ4v) is 2.00. The van der Waals surface area contributed by atoms with E-state index >= 15 is 0 Å². The third kappa shape index (κ3) is 1.25. The predicted molar refractivity (Wildman–Crippen MR) is 59.4 cm³/mol. The molecule has 4 nitrogen and oxygen atoms in total. The molecule has 0 spiro atoms. The Morgan fingerprint density at radius 1 is 1.53 bits per heavy atom. The predicted octanol–water partition coefficient (Wildman–Crippen LogP) is 1.86. The number of ether oxygens (including phenoxy) is 1. The maximum atomic E-state index is 5.48. The van der Waals surface area contributed by atoms with E-state index in [1.807, 2.05) is 19.1 Å². The highest BCUT2D eigenvalue weighted by atomic mass is 16.5. The first kappa shape index (κ1) is 8.59. The van der Waals surface area contributed by atoms with Crippen LogP contribution in [0.25, 0.3) is 11.0 Å². The Hall–Kier alpha value is -1.71. The van der Waals surface area contributed by atoms with Crippen LogP contribution in [0.2, 0.25) is 0 Å². The lowest BCUT2D eigenvalue weighted by molar-refractivity contribution is 0.340. The van der Waals surface area contributed by atoms with Gasteiger partial charge in [-0.1, -0.05) is 0 Å². The molecule has 0 atom stereocenters. The van der Waals surface area contributed by atoms with Gasteiger partial charge in [0, 0.05) is 19.2 Å². The third-order valence-electron chi connectivity index (χ3n) is 2.65. The van der Waals surface area contributed by atoms with Gasteiger partial charge in [0.2, 0.25) is 5.95 Å². The van der Waals surface area contributed by atoms with Crippen LogP contribution in [0.3, 0.4) is 0 Å². The second-order valence-corrected chi connectivity index (χ2v) is 3.60. The van der Waals surface area contributed by atoms with E-state index in [1.165, 1.54) is 0 Å². The number of benzene rings is 1. The van der Waals surface area contributed by atoms with Gasteiger partial charge in [-0.05, 0) is 19.1 Å². The SMILES string of the molecule is CCOc1ccc2nc3n(c2c1)CCN3. The van der Waals surface area contributed by atoms with Gasteiger partial charge in [0.1, 0.15) is 5.75 Å². The molecule has 0 bridgehead atoms. The number of aromatic nitrogens is 2. The summed E-state index contributed by atoms with van der Waals surface area (Å²) in [7, 11) is 0. The van der Waals surface area contributed by atoms with Gasteiger partial charge >= 0.3 is 0 Å². The Morgan fingerprint density at radius 3 is 3.33 bits per heavy atom. The lowest BCUT2D eigenvalue weighted by Gasteiger charge is -2.03. The summed E-state index contributed by atoms with van der Waals surface area (Å²) in [5, 5.41) is 3.25. The molecule has 1 aliphatic heterocycles. The smallest absolute Gasteiger partial charge is 0.204 e. The first-order valence-corrected chi connectivity index (χ1v) is 5.25. The lowest BCUT2D eigenvalue weighted by Crippen LogP contribution is -1.96. The molecule has 0 saturated carbocycles. The molecule has 3 rings (SSSR count). The molecule has 0 fully saturated rings. The number of nitrogens with one attached hydrogen (secondary N) is 1. The van der Waals surface area contributed by atoms with E-state index in [2.05, 4.69) is 20.9 Å². The van der Waals surface area contributed by atoms with Gasteiger partial charge in [0.05, 0.1) is 17.6 Å². The highest BCUT2D eigenvalue weighted by Gasteiger charge is 2.15. The quantitative estimate of drug-likeness (QED) is 0.809. The van der Waals surface area contributed by atoms with Crippen molar-refractivity contribution >= 4 is 17.0 Å². The number of anilines is 1. The van der Waals surface area contributed by atoms with Gasteiger partial charge in [-0.25, -0.2) is 4.98 Å². The van der Waals surface area contributed by atoms with Crippen LogP contribution < -0.4 is 10.1 Å². The summed E-state index contributed by atoms with van der Waals surface area (Å²) < 4.78 is 7.67. The standard InChI is InChI=1S/C11H13N3O/c1-2-15-8-3-4-9-10(7-8)14-6-5-12-11(14)13-9/h3-4,7H,2,5-6H2,1H3,(H,12,13). The summed E-state index contributed by atoms with van der Waals surface area (Å²) >= 11 is 0. The van der Waals surface area contributed by atoms with Gasteiger partial charge in [-0.3, -0.25) is 0 Å². The van der Waals surface area contributed by atoms with Gasteiger partial charge in [-0.15, -0.1) is 0 Å². The molecule has 2 aromatic rings. The topological polar surface area (TPSA) is 39.1 Å². The minimum atomic E-state index is 0.699. The molecule has 78 valence electrons. The van der Waals surface area contributed by atoms with Crippen molar-refractivity contribution in [3.63, 3.8) is 0 Å². The van der Waals surface area contributed by atoms with E-state index in [1.54, 1.807) is 0 Å². The Labute approximate surface area is 87.9 Å². The van der Waals surface area contributed by atoms with E-state index in [4.69, 9.17) is 4.74 Å². The number of hydrogen-bond acceptors (Lipinski definition) is 3. The van der Waals surface area contributed by atoms with Gasteiger partial charge in [0.25, 0.3) is 0 Å². The molecule has 0 aliphatic carbocycles. The molecule has 1 aromatic heterocycles. The van der Waals surface area contributed by atoms with Crippen LogP contribution in [0, 0.1) is 0 Å². The van der Waals surface area contributed by atoms with Crippen molar-refractivity contribution in [1.82, 2.24) is 9.55 Å². The molecule has 0 saturated heterocycles. The van der Waals surface area contributed by atoms with Crippen molar-refractivity contribution in [3.8, 4) is 5.75 Å². The first-order chi connectivity index (χ1) is 7.38. The van der Waals surface area contributed by atoms with Crippen LogP contribution in [-0.4, -0.2) is 22.7 Å². The summed E-state index contributed by atoms with van der Waals surface area (Å²) in [5.41, 5.74) is 2.18. The van der Waals surface area contributed by atoms with E-state index in [0.29, 0.717) is 6.61 Å². The summed E-state index contributed by atoms with van der Waals surface area (Å²) in [6, 6.07) is 6.03. The fraction of sp³-hybridized carbons (Fsp3) is 0.364. The van der Waals surface area contributed by atoms with Crippen LogP contribution in [-0.2, 0) is 6.54 Å². The summed E-state index contributed by atoms with van der Waals surface area (Å²) in [5.74, 6) is 1.89. The second kappa shape index (κ2) is 3.15. The van der Waals surface area contributed by atoms with Crippen LogP contribution in [0.15, 0.2) is 18.2 Å². The summed E-state index contributed by atoms with van der Waals surface area (Å²) in [6.45, 7) is 4.65. The van der Waals surface area contributed by atoms with Crippen LogP contribution in [0.4, 0.5) is 5.95 Å². The maximum Gasteiger partial charge on any atom is 0.204 e. The molecule has 4 heteroatoms. The van der Waals surface area contributed by atoms with Crippen LogP contribution in [0.5, 0.6) is 5.75 Å². The lowest BCUT2D eigenvalue weighted by atomic mass is 10.3. The first-order valence-electron chi connectivity index (χ1n) is 5.25. The molecular weight excluding hydrogens is 190 g/mol. The zero-order valence-corrected chi connectivity index (χ0v) is 8.66. The van der Waals surface area contributed by atoms with Crippen molar-refractivity contribution in [2.24, 2.45) is 0 Å². The number of imidazole rings is 1. The monoisotopic (exact) mass is 203 g/mol. The minimum Gasteiger partial charge on any atom is -0.494 e. The Bertz CT molecular complexity index is 504. The van der Waals surface area contributed by atoms with Gasteiger partial charge < -0.3 is 14.6 Å². The third-order valence-corrected chi connectivity index (χ3v) is 2.65. The van der Waals surface area contributed by atoms with E-state index in [0.717, 1.165) is 35.8 Å². The molecule has 0 radical (unpaired) electrons. The number of hydrogen-bond donors (Lipinski definition) is 1. The average Bonchev–Trinajstić information content (AvgIpc) is 2.78. The van der Waals surface area contributed by atoms with Crippen molar-refractivity contribution in [2.75, 3.05) is 18.5 Å². The van der Waals surface area contributed by atoms with Crippen molar-refractivity contribution < 1.29 is 4.74 Å². The van der Waals surface area contributed by atoms with E-state index in [9.17, 15) is 0 Å². The van der Waals surface area contributed by atoms with Crippen LogP contribution in [0.1, 0.15) is 6.92 Å². The largest absolute Gasteiger partial charge is 0.494 e. The number of rotatable bonds is 2. The van der Waals surface area contributed by atoms with E-state index < -0.39 is 0 Å². The summed E-state index contributed by atoms with van der Waals surface area (Å²) in [4.78, 5) is 4.49. The molecular formula is C11H13N3O. The van der Waals surface area contributed by atoms with Crippen molar-refractivity contribution in [2.45, 2.75) is 13.5 Å². The van der Waals surface area contributed by atoms with Crippen molar-refractivity contribution in [1.29, 1.82) is 0 Å². The zero-order valence-electron chi connectivity index (χ0n) is 8.66. The molecule has 0 amide bonds. The Kier molecular flexibility index (Phi) is 1.80. The average molecular weight is 203 g/mol. The molecule has 2 heterocycles. The van der Waals surface area contributed by atoms with Crippen molar-refractivity contribution in [3.05, 3.63) is 18.2 Å². The van der Waals surface area contributed by atoms with Gasteiger partial charge in [0.15, 0.2) is 0 Å². The molecule has 15 heavy (non-hydrogen) atoms. The van der Waals surface area contributed by atoms with E-state index in [-0.39, 0.29) is 0 Å². The Morgan fingerprint density at radius 2 is 2.47 bits per heavy atom. The minimum absolute atomic E-state index is 0.699. The highest BCUT2D eigenvalue weighted by molar-refractivity contribution is 5.80. The maximum absolute atomic E-state index is 5.48. The molecule has 1 aromatic carbocycles. The number of fused-ring (bicyclic) bond motifs is 3. The Balaban J connectivity index is 2.16. The molecule has 0 unspecified atom stereocenters. The highest BCUT2D eigenvalue weighted by Crippen LogP contribution is 2.26.